The molecule has 0 amide bonds. The second-order valence-corrected chi connectivity index (χ2v) is 5.08. The van der Waals surface area contributed by atoms with E-state index < -0.39 is 0 Å². The molecular weight excluding hydrogens is 220 g/mol. The Morgan fingerprint density at radius 3 is 2.25 bits per heavy atom. The van der Waals surface area contributed by atoms with Crippen LogP contribution in [-0.2, 0) is 5.54 Å². The van der Waals surface area contributed by atoms with E-state index in [0.29, 0.717) is 0 Å². The third-order valence-electron chi connectivity index (χ3n) is 3.72. The van der Waals surface area contributed by atoms with E-state index in [1.807, 2.05) is 12.1 Å². The Morgan fingerprint density at radius 1 is 1.19 bits per heavy atom. The summed E-state index contributed by atoms with van der Waals surface area (Å²) in [6, 6.07) is 8.25. The molecule has 0 atom stereocenters. The number of piperidine rings is 1. The van der Waals surface area contributed by atoms with Crippen molar-refractivity contribution in [2.45, 2.75) is 18.4 Å². The van der Waals surface area contributed by atoms with Gasteiger partial charge in [0.2, 0.25) is 0 Å². The molecule has 1 aliphatic heterocycles. The average Bonchev–Trinajstić information content (AvgIpc) is 2.32. The Morgan fingerprint density at radius 2 is 1.75 bits per heavy atom. The summed E-state index contributed by atoms with van der Waals surface area (Å²) in [5, 5.41) is 4.31. The number of hydrogen-bond donors (Lipinski definition) is 1. The van der Waals surface area contributed by atoms with Gasteiger partial charge in [-0.2, -0.15) is 0 Å². The van der Waals surface area contributed by atoms with Crippen molar-refractivity contribution in [3.05, 3.63) is 34.9 Å². The van der Waals surface area contributed by atoms with Crippen LogP contribution >= 0.6 is 11.6 Å². The van der Waals surface area contributed by atoms with Crippen LogP contribution in [0, 0.1) is 0 Å². The van der Waals surface area contributed by atoms with Gasteiger partial charge in [0.15, 0.2) is 0 Å². The summed E-state index contributed by atoms with van der Waals surface area (Å²) in [6.07, 6.45) is 2.31. The van der Waals surface area contributed by atoms with Crippen molar-refractivity contribution >= 4 is 11.6 Å². The van der Waals surface area contributed by atoms with Crippen LogP contribution in [0.4, 0.5) is 0 Å². The van der Waals surface area contributed by atoms with Gasteiger partial charge in [-0.05, 0) is 57.7 Å². The van der Waals surface area contributed by atoms with Crippen molar-refractivity contribution < 1.29 is 0 Å². The molecule has 1 aromatic rings. The van der Waals surface area contributed by atoms with Gasteiger partial charge in [-0.25, -0.2) is 0 Å². The van der Waals surface area contributed by atoms with Gasteiger partial charge in [0, 0.05) is 10.6 Å². The second-order valence-electron chi connectivity index (χ2n) is 4.64. The first-order chi connectivity index (χ1) is 7.66. The normalized spacial score (nSPS) is 20.9. The van der Waals surface area contributed by atoms with Crippen molar-refractivity contribution in [2.24, 2.45) is 0 Å². The molecular formula is C13H19ClN2. The minimum Gasteiger partial charge on any atom is -0.310 e. The number of rotatable bonds is 2. The van der Waals surface area contributed by atoms with Crippen LogP contribution in [0.15, 0.2) is 24.3 Å². The van der Waals surface area contributed by atoms with Crippen LogP contribution < -0.4 is 5.32 Å². The minimum absolute atomic E-state index is 0.136. The zero-order valence-electron chi connectivity index (χ0n) is 9.96. The zero-order valence-corrected chi connectivity index (χ0v) is 10.7. The third kappa shape index (κ3) is 2.24. The Hall–Kier alpha value is -0.570. The van der Waals surface area contributed by atoms with E-state index in [-0.39, 0.29) is 5.54 Å². The molecule has 1 heterocycles. The van der Waals surface area contributed by atoms with Gasteiger partial charge >= 0.3 is 0 Å². The lowest BCUT2D eigenvalue weighted by molar-refractivity contribution is 0.164. The van der Waals surface area contributed by atoms with Gasteiger partial charge in [-0.3, -0.25) is 0 Å². The maximum absolute atomic E-state index is 5.93. The van der Waals surface area contributed by atoms with Gasteiger partial charge < -0.3 is 10.2 Å². The molecule has 88 valence electrons. The van der Waals surface area contributed by atoms with Crippen LogP contribution in [0.25, 0.3) is 0 Å². The van der Waals surface area contributed by atoms with Crippen LogP contribution in [0.5, 0.6) is 0 Å². The standard InChI is InChI=1S/C13H19ClN2/c1-15-13(7-9-16(2)10-8-13)11-3-5-12(14)6-4-11/h3-6,15H,7-10H2,1-2H3. The molecule has 1 fully saturated rings. The highest BCUT2D eigenvalue weighted by Gasteiger charge is 2.33. The van der Waals surface area contributed by atoms with Gasteiger partial charge in [-0.15, -0.1) is 0 Å². The highest BCUT2D eigenvalue weighted by Crippen LogP contribution is 2.32. The molecule has 1 N–H and O–H groups in total. The Labute approximate surface area is 103 Å². The lowest BCUT2D eigenvalue weighted by atomic mass is 9.81. The second kappa shape index (κ2) is 4.74. The third-order valence-corrected chi connectivity index (χ3v) is 3.97. The van der Waals surface area contributed by atoms with E-state index in [9.17, 15) is 0 Å². The molecule has 1 aromatic carbocycles. The number of nitrogens with zero attached hydrogens (tertiary/aromatic N) is 1. The molecule has 2 nitrogen and oxygen atoms in total. The highest BCUT2D eigenvalue weighted by molar-refractivity contribution is 6.30. The van der Waals surface area contributed by atoms with Gasteiger partial charge in [0.25, 0.3) is 0 Å². The van der Waals surface area contributed by atoms with E-state index in [2.05, 4.69) is 36.4 Å². The van der Waals surface area contributed by atoms with Gasteiger partial charge in [0.1, 0.15) is 0 Å². The molecule has 3 heteroatoms. The maximum Gasteiger partial charge on any atom is 0.0456 e. The number of halogens is 1. The summed E-state index contributed by atoms with van der Waals surface area (Å²) in [5.41, 5.74) is 1.49. The van der Waals surface area contributed by atoms with Crippen molar-refractivity contribution in [2.75, 3.05) is 27.2 Å². The first-order valence-electron chi connectivity index (χ1n) is 5.80. The summed E-state index contributed by atoms with van der Waals surface area (Å²) in [6.45, 7) is 2.28. The van der Waals surface area contributed by atoms with E-state index in [1.54, 1.807) is 0 Å². The topological polar surface area (TPSA) is 15.3 Å². The molecule has 1 saturated heterocycles. The van der Waals surface area contributed by atoms with Crippen molar-refractivity contribution in [3.63, 3.8) is 0 Å². The fourth-order valence-electron chi connectivity index (χ4n) is 2.45. The molecule has 2 rings (SSSR count). The summed E-state index contributed by atoms with van der Waals surface area (Å²) >= 11 is 5.93. The smallest absolute Gasteiger partial charge is 0.0456 e. The zero-order chi connectivity index (χ0) is 11.6. The predicted octanol–water partition coefficient (Wildman–Crippen LogP) is 2.48. The first-order valence-corrected chi connectivity index (χ1v) is 6.18. The molecule has 0 unspecified atom stereocenters. The van der Waals surface area contributed by atoms with Gasteiger partial charge in [-0.1, -0.05) is 23.7 Å². The number of nitrogens with one attached hydrogen (secondary N) is 1. The summed E-state index contributed by atoms with van der Waals surface area (Å²) in [4.78, 5) is 2.38. The molecule has 0 aliphatic carbocycles. The van der Waals surface area contributed by atoms with E-state index in [0.717, 1.165) is 31.0 Å². The predicted molar refractivity (Wildman–Crippen MR) is 68.9 cm³/mol. The van der Waals surface area contributed by atoms with Crippen LogP contribution in [-0.4, -0.2) is 32.1 Å². The molecule has 0 saturated carbocycles. The summed E-state index contributed by atoms with van der Waals surface area (Å²) in [5.74, 6) is 0. The summed E-state index contributed by atoms with van der Waals surface area (Å²) < 4.78 is 0. The van der Waals surface area contributed by atoms with Crippen LogP contribution in [0.2, 0.25) is 5.02 Å². The number of benzene rings is 1. The quantitative estimate of drug-likeness (QED) is 0.852. The highest BCUT2D eigenvalue weighted by atomic mass is 35.5. The van der Waals surface area contributed by atoms with Gasteiger partial charge in [0.05, 0.1) is 0 Å². The molecule has 0 spiro atoms. The number of hydrogen-bond acceptors (Lipinski definition) is 2. The lowest BCUT2D eigenvalue weighted by Crippen LogP contribution is -2.48. The Kier molecular flexibility index (Phi) is 3.53. The van der Waals surface area contributed by atoms with E-state index in [1.165, 1.54) is 5.56 Å². The fraction of sp³-hybridized carbons (Fsp3) is 0.538. The van der Waals surface area contributed by atoms with Crippen LogP contribution in [0.1, 0.15) is 18.4 Å². The monoisotopic (exact) mass is 238 g/mol. The van der Waals surface area contributed by atoms with Crippen molar-refractivity contribution in [3.8, 4) is 0 Å². The molecule has 0 aromatic heterocycles. The molecule has 1 aliphatic rings. The Bertz CT molecular complexity index is 339. The SMILES string of the molecule is CNC1(c2ccc(Cl)cc2)CCN(C)CC1. The van der Waals surface area contributed by atoms with Crippen molar-refractivity contribution in [1.29, 1.82) is 0 Å². The average molecular weight is 239 g/mol. The summed E-state index contributed by atoms with van der Waals surface area (Å²) in [7, 11) is 4.24. The van der Waals surface area contributed by atoms with E-state index >= 15 is 0 Å². The molecule has 16 heavy (non-hydrogen) atoms. The largest absolute Gasteiger partial charge is 0.310 e. The number of likely N-dealkylation sites (tertiary alicyclic amines) is 1. The maximum atomic E-state index is 5.93. The Balaban J connectivity index is 2.24. The van der Waals surface area contributed by atoms with Crippen molar-refractivity contribution in [1.82, 2.24) is 10.2 Å². The fourth-order valence-corrected chi connectivity index (χ4v) is 2.58. The molecule has 0 bridgehead atoms. The van der Waals surface area contributed by atoms with E-state index in [4.69, 9.17) is 11.6 Å². The lowest BCUT2D eigenvalue weighted by Gasteiger charge is -2.41. The minimum atomic E-state index is 0.136. The molecule has 0 radical (unpaired) electrons. The first kappa shape index (κ1) is 11.9. The van der Waals surface area contributed by atoms with Crippen LogP contribution in [0.3, 0.4) is 0 Å².